The van der Waals surface area contributed by atoms with Crippen LogP contribution in [0, 0.1) is 35.5 Å². The van der Waals surface area contributed by atoms with E-state index in [4.69, 9.17) is 25.2 Å². The first-order valence-corrected chi connectivity index (χ1v) is 9.16. The lowest BCUT2D eigenvalue weighted by Crippen LogP contribution is -2.39. The van der Waals surface area contributed by atoms with E-state index in [0.29, 0.717) is 0 Å². The zero-order chi connectivity index (χ0) is 21.9. The molecule has 0 aromatic rings. The fourth-order valence-electron chi connectivity index (χ4n) is 4.10. The van der Waals surface area contributed by atoms with E-state index in [-0.39, 0.29) is 38.5 Å². The summed E-state index contributed by atoms with van der Waals surface area (Å²) in [7, 11) is 0. The number of carbonyl (C=O) groups excluding carboxylic acids is 2. The molecule has 4 unspecified atom stereocenters. The summed E-state index contributed by atoms with van der Waals surface area (Å²) in [5.74, 6) is -13.6. The molecule has 4 atom stereocenters. The summed E-state index contributed by atoms with van der Waals surface area (Å²) in [6.07, 6.45) is -0.967. The molecule has 0 amide bonds. The van der Waals surface area contributed by atoms with Crippen LogP contribution in [0.4, 0.5) is 0 Å². The summed E-state index contributed by atoms with van der Waals surface area (Å²) in [4.78, 5) is 69.7. The lowest BCUT2D eigenvalue weighted by atomic mass is 9.74. The first-order valence-electron chi connectivity index (χ1n) is 9.16. The Morgan fingerprint density at radius 3 is 0.862 bits per heavy atom. The average molecular weight is 414 g/mol. The Hall–Kier alpha value is -2.98. The molecular formula is C18H22O11. The highest BCUT2D eigenvalue weighted by molar-refractivity contribution is 5.89. The predicted octanol–water partition coefficient (Wildman–Crippen LogP) is 0.460. The van der Waals surface area contributed by atoms with Gasteiger partial charge in [-0.25, -0.2) is 0 Å². The van der Waals surface area contributed by atoms with Gasteiger partial charge in [-0.1, -0.05) is 0 Å². The van der Waals surface area contributed by atoms with Crippen LogP contribution in [0.1, 0.15) is 38.5 Å². The van der Waals surface area contributed by atoms with Crippen molar-refractivity contribution in [3.8, 4) is 0 Å². The van der Waals surface area contributed by atoms with Gasteiger partial charge in [0.2, 0.25) is 0 Å². The van der Waals surface area contributed by atoms with Gasteiger partial charge in [0, 0.05) is 0 Å². The molecule has 4 N–H and O–H groups in total. The van der Waals surface area contributed by atoms with Gasteiger partial charge in [0.25, 0.3) is 0 Å². The number of rotatable bonds is 6. The highest BCUT2D eigenvalue weighted by atomic mass is 16.6. The van der Waals surface area contributed by atoms with Crippen molar-refractivity contribution >= 4 is 35.8 Å². The molecule has 160 valence electrons. The molecule has 11 nitrogen and oxygen atoms in total. The maximum absolute atomic E-state index is 12.4. The number of carboxylic acid groups (broad SMARTS) is 4. The number of ether oxygens (including phenoxy) is 1. The van der Waals surface area contributed by atoms with Crippen LogP contribution in [0.15, 0.2) is 0 Å². The molecule has 0 heterocycles. The molecule has 0 bridgehead atoms. The highest BCUT2D eigenvalue weighted by Gasteiger charge is 2.43. The minimum Gasteiger partial charge on any atom is -0.481 e. The molecule has 2 aliphatic carbocycles. The molecule has 0 saturated heterocycles. The zero-order valence-electron chi connectivity index (χ0n) is 15.4. The minimum atomic E-state index is -1.25. The molecular weight excluding hydrogens is 392 g/mol. The SMILES string of the molecule is O=C(O)C1CC(C(=O)O)CC(C(=O)OC(=O)C2CC(C(=O)O)CC(C(=O)O)C2)C1. The lowest BCUT2D eigenvalue weighted by molar-refractivity contribution is -0.169. The van der Waals surface area contributed by atoms with Crippen LogP contribution < -0.4 is 0 Å². The standard InChI is InChI=1S/C18H22O11/c19-13(20)7-1-8(14(21)22)4-11(3-7)17(27)29-18(28)12-5-9(15(23)24)2-10(6-12)16(25)26/h7-12H,1-6H2,(H,19,20)(H,21,22)(H,23,24)(H,25,26). The van der Waals surface area contributed by atoms with Crippen molar-refractivity contribution in [2.45, 2.75) is 38.5 Å². The van der Waals surface area contributed by atoms with E-state index < -0.39 is 71.3 Å². The monoisotopic (exact) mass is 414 g/mol. The first kappa shape index (κ1) is 22.3. The molecule has 2 rings (SSSR count). The Morgan fingerprint density at radius 2 is 0.655 bits per heavy atom. The Bertz CT molecular complexity index is 623. The summed E-state index contributed by atoms with van der Waals surface area (Å²) < 4.78 is 4.79. The Balaban J connectivity index is 2.07. The van der Waals surface area contributed by atoms with Crippen LogP contribution in [0.3, 0.4) is 0 Å². The summed E-state index contributed by atoms with van der Waals surface area (Å²) in [5, 5.41) is 36.6. The molecule has 0 aromatic heterocycles. The van der Waals surface area contributed by atoms with E-state index in [1.807, 2.05) is 0 Å². The van der Waals surface area contributed by atoms with Crippen molar-refractivity contribution in [2.24, 2.45) is 35.5 Å². The van der Waals surface area contributed by atoms with Gasteiger partial charge in [0.1, 0.15) is 0 Å². The van der Waals surface area contributed by atoms with Crippen molar-refractivity contribution in [2.75, 3.05) is 0 Å². The molecule has 11 heteroatoms. The minimum absolute atomic E-state index is 0.133. The van der Waals surface area contributed by atoms with Crippen molar-refractivity contribution in [3.63, 3.8) is 0 Å². The molecule has 0 spiro atoms. The topological polar surface area (TPSA) is 193 Å². The van der Waals surface area contributed by atoms with Crippen LogP contribution in [0.2, 0.25) is 0 Å². The third-order valence-corrected chi connectivity index (χ3v) is 5.68. The van der Waals surface area contributed by atoms with Crippen molar-refractivity contribution in [3.05, 3.63) is 0 Å². The van der Waals surface area contributed by atoms with Crippen LogP contribution in [0.5, 0.6) is 0 Å². The summed E-state index contributed by atoms with van der Waals surface area (Å²) in [5.41, 5.74) is 0. The van der Waals surface area contributed by atoms with Crippen LogP contribution in [0.25, 0.3) is 0 Å². The maximum Gasteiger partial charge on any atom is 0.316 e. The maximum atomic E-state index is 12.4. The average Bonchev–Trinajstić information content (AvgIpc) is 2.66. The third kappa shape index (κ3) is 5.52. The number of hydrogen-bond donors (Lipinski definition) is 4. The van der Waals surface area contributed by atoms with E-state index >= 15 is 0 Å². The van der Waals surface area contributed by atoms with Gasteiger partial charge in [-0.15, -0.1) is 0 Å². The third-order valence-electron chi connectivity index (χ3n) is 5.68. The predicted molar refractivity (Wildman–Crippen MR) is 90.3 cm³/mol. The number of carbonyl (C=O) groups is 6. The summed E-state index contributed by atoms with van der Waals surface area (Å²) >= 11 is 0. The number of esters is 2. The Morgan fingerprint density at radius 1 is 0.448 bits per heavy atom. The largest absolute Gasteiger partial charge is 0.481 e. The Labute approximate surface area is 164 Å². The summed E-state index contributed by atoms with van der Waals surface area (Å²) in [6, 6.07) is 0. The summed E-state index contributed by atoms with van der Waals surface area (Å²) in [6.45, 7) is 0. The molecule has 2 aliphatic rings. The fraction of sp³-hybridized carbons (Fsp3) is 0.667. The van der Waals surface area contributed by atoms with Gasteiger partial charge < -0.3 is 25.2 Å². The van der Waals surface area contributed by atoms with Gasteiger partial charge in [-0.05, 0) is 38.5 Å². The molecule has 0 aromatic carbocycles. The van der Waals surface area contributed by atoms with Crippen LogP contribution in [-0.2, 0) is 33.5 Å². The van der Waals surface area contributed by atoms with E-state index in [1.54, 1.807) is 0 Å². The second kappa shape index (κ2) is 9.01. The number of hydrogen-bond acceptors (Lipinski definition) is 7. The van der Waals surface area contributed by atoms with E-state index in [9.17, 15) is 28.8 Å². The number of aliphatic carboxylic acids is 4. The number of carboxylic acids is 4. The Kier molecular flexibility index (Phi) is 6.93. The van der Waals surface area contributed by atoms with Crippen LogP contribution >= 0.6 is 0 Å². The van der Waals surface area contributed by atoms with Crippen molar-refractivity contribution < 1.29 is 53.9 Å². The second-order valence-corrected chi connectivity index (χ2v) is 7.69. The van der Waals surface area contributed by atoms with Crippen LogP contribution in [-0.4, -0.2) is 56.2 Å². The van der Waals surface area contributed by atoms with Crippen molar-refractivity contribution in [1.82, 2.24) is 0 Å². The molecule has 0 radical (unpaired) electrons. The van der Waals surface area contributed by atoms with E-state index in [1.165, 1.54) is 0 Å². The molecule has 0 aliphatic heterocycles. The van der Waals surface area contributed by atoms with Gasteiger partial charge in [0.05, 0.1) is 35.5 Å². The molecule has 29 heavy (non-hydrogen) atoms. The van der Waals surface area contributed by atoms with Gasteiger partial charge in [-0.3, -0.25) is 28.8 Å². The molecule has 2 saturated carbocycles. The fourth-order valence-corrected chi connectivity index (χ4v) is 4.10. The van der Waals surface area contributed by atoms with Gasteiger partial charge in [-0.2, -0.15) is 0 Å². The molecule has 2 fully saturated rings. The highest BCUT2D eigenvalue weighted by Crippen LogP contribution is 2.37. The van der Waals surface area contributed by atoms with E-state index in [2.05, 4.69) is 0 Å². The second-order valence-electron chi connectivity index (χ2n) is 7.69. The quantitative estimate of drug-likeness (QED) is 0.348. The van der Waals surface area contributed by atoms with E-state index in [0.717, 1.165) is 0 Å². The smallest absolute Gasteiger partial charge is 0.316 e. The first-order chi connectivity index (χ1) is 13.5. The van der Waals surface area contributed by atoms with Gasteiger partial charge in [0.15, 0.2) is 0 Å². The van der Waals surface area contributed by atoms with Gasteiger partial charge >= 0.3 is 35.8 Å². The van der Waals surface area contributed by atoms with Crippen molar-refractivity contribution in [1.29, 1.82) is 0 Å². The zero-order valence-corrected chi connectivity index (χ0v) is 15.4. The lowest BCUT2D eigenvalue weighted by Gasteiger charge is -2.31. The normalized spacial score (nSPS) is 32.0.